The van der Waals surface area contributed by atoms with E-state index in [0.717, 1.165) is 34.1 Å². The van der Waals surface area contributed by atoms with Gasteiger partial charge in [-0.3, -0.25) is 9.78 Å². The summed E-state index contributed by atoms with van der Waals surface area (Å²) < 4.78 is 0. The normalized spacial score (nSPS) is 11.1. The fourth-order valence-corrected chi connectivity index (χ4v) is 4.77. The summed E-state index contributed by atoms with van der Waals surface area (Å²) in [4.78, 5) is 27.4. The first-order valence-electron chi connectivity index (χ1n) is 12.3. The van der Waals surface area contributed by atoms with E-state index < -0.39 is 0 Å². The standard InChI is InChI=1S/C30H28ClN5O/c31-24-12-13-25-26(14-16-33-27(25)20-24)32-15-7-19-36(29(37)21-28-34-17-18-35-28)30(22-8-3-1-4-9-22)23-10-5-2-6-11-23/h1-6,8-14,16-18,20,30H,7,15,19,21H2,(H,32,33)(H,34,35). The van der Waals surface area contributed by atoms with Crippen molar-refractivity contribution in [3.63, 3.8) is 0 Å². The third-order valence-electron chi connectivity index (χ3n) is 6.33. The molecule has 0 aliphatic heterocycles. The van der Waals surface area contributed by atoms with Crippen molar-refractivity contribution >= 4 is 34.1 Å². The van der Waals surface area contributed by atoms with Crippen LogP contribution in [0.1, 0.15) is 29.4 Å². The Morgan fingerprint density at radius 2 is 1.65 bits per heavy atom. The van der Waals surface area contributed by atoms with Gasteiger partial charge in [0.15, 0.2) is 0 Å². The number of rotatable bonds is 10. The Bertz CT molecular complexity index is 1400. The second-order valence-electron chi connectivity index (χ2n) is 8.82. The highest BCUT2D eigenvalue weighted by atomic mass is 35.5. The number of benzene rings is 3. The number of nitrogens with one attached hydrogen (secondary N) is 2. The molecule has 2 aromatic heterocycles. The van der Waals surface area contributed by atoms with Crippen LogP contribution in [-0.4, -0.2) is 38.8 Å². The van der Waals surface area contributed by atoms with Crippen LogP contribution in [0, 0.1) is 0 Å². The molecule has 0 unspecified atom stereocenters. The number of pyridine rings is 1. The lowest BCUT2D eigenvalue weighted by molar-refractivity contribution is -0.132. The molecule has 7 heteroatoms. The average molecular weight is 510 g/mol. The number of fused-ring (bicyclic) bond motifs is 1. The molecule has 0 fully saturated rings. The van der Waals surface area contributed by atoms with Crippen LogP contribution >= 0.6 is 11.6 Å². The van der Waals surface area contributed by atoms with E-state index in [1.807, 2.05) is 65.6 Å². The van der Waals surface area contributed by atoms with Gasteiger partial charge in [0.2, 0.25) is 5.91 Å². The van der Waals surface area contributed by atoms with Crippen LogP contribution in [0.25, 0.3) is 10.9 Å². The van der Waals surface area contributed by atoms with Crippen molar-refractivity contribution in [1.29, 1.82) is 0 Å². The Morgan fingerprint density at radius 3 is 2.32 bits per heavy atom. The predicted molar refractivity (Wildman–Crippen MR) is 149 cm³/mol. The Balaban J connectivity index is 1.38. The van der Waals surface area contributed by atoms with Gasteiger partial charge in [0.05, 0.1) is 18.0 Å². The lowest BCUT2D eigenvalue weighted by Gasteiger charge is -2.33. The molecule has 2 heterocycles. The Kier molecular flexibility index (Phi) is 7.77. The smallest absolute Gasteiger partial charge is 0.230 e. The number of amides is 1. The summed E-state index contributed by atoms with van der Waals surface area (Å²) in [5.41, 5.74) is 4.00. The van der Waals surface area contributed by atoms with E-state index in [4.69, 9.17) is 11.6 Å². The molecule has 0 radical (unpaired) electrons. The first-order valence-corrected chi connectivity index (χ1v) is 12.7. The van der Waals surface area contributed by atoms with E-state index in [9.17, 15) is 4.79 Å². The molecule has 6 nitrogen and oxygen atoms in total. The number of H-pyrrole nitrogens is 1. The Labute approximate surface area is 221 Å². The van der Waals surface area contributed by atoms with Crippen molar-refractivity contribution < 1.29 is 4.79 Å². The van der Waals surface area contributed by atoms with Crippen molar-refractivity contribution in [2.75, 3.05) is 18.4 Å². The second-order valence-corrected chi connectivity index (χ2v) is 9.26. The number of carbonyl (C=O) groups is 1. The highest BCUT2D eigenvalue weighted by molar-refractivity contribution is 6.31. The molecule has 5 rings (SSSR count). The summed E-state index contributed by atoms with van der Waals surface area (Å²) >= 11 is 6.14. The maximum atomic E-state index is 13.7. The molecule has 0 saturated carbocycles. The number of aromatic amines is 1. The van der Waals surface area contributed by atoms with Gasteiger partial charge in [-0.2, -0.15) is 0 Å². The third kappa shape index (κ3) is 5.98. The highest BCUT2D eigenvalue weighted by Crippen LogP contribution is 2.30. The van der Waals surface area contributed by atoms with Gasteiger partial charge in [0.25, 0.3) is 0 Å². The monoisotopic (exact) mass is 509 g/mol. The van der Waals surface area contributed by atoms with Crippen LogP contribution in [0.5, 0.6) is 0 Å². The van der Waals surface area contributed by atoms with Gasteiger partial charge in [0, 0.05) is 47.8 Å². The summed E-state index contributed by atoms with van der Waals surface area (Å²) in [7, 11) is 0. The number of imidazole rings is 1. The van der Waals surface area contributed by atoms with Crippen LogP contribution in [-0.2, 0) is 11.2 Å². The molecule has 3 aromatic carbocycles. The van der Waals surface area contributed by atoms with Gasteiger partial charge in [-0.25, -0.2) is 4.98 Å². The quantitative estimate of drug-likeness (QED) is 0.217. The van der Waals surface area contributed by atoms with Crippen molar-refractivity contribution in [2.24, 2.45) is 0 Å². The molecule has 5 aromatic rings. The molecule has 0 aliphatic rings. The van der Waals surface area contributed by atoms with E-state index in [2.05, 4.69) is 44.5 Å². The summed E-state index contributed by atoms with van der Waals surface area (Å²) in [6, 6.07) is 27.9. The number of hydrogen-bond donors (Lipinski definition) is 2. The number of carbonyl (C=O) groups excluding carboxylic acids is 1. The average Bonchev–Trinajstić information content (AvgIpc) is 3.44. The SMILES string of the molecule is O=C(Cc1ncc[nH]1)N(CCCNc1ccnc2cc(Cl)ccc12)C(c1ccccc1)c1ccccc1. The van der Waals surface area contributed by atoms with E-state index in [0.29, 0.717) is 23.9 Å². The maximum Gasteiger partial charge on any atom is 0.230 e. The third-order valence-corrected chi connectivity index (χ3v) is 6.57. The number of aromatic nitrogens is 3. The molecule has 37 heavy (non-hydrogen) atoms. The summed E-state index contributed by atoms with van der Waals surface area (Å²) in [6.07, 6.45) is 6.18. The van der Waals surface area contributed by atoms with Crippen LogP contribution in [0.15, 0.2) is 104 Å². The molecule has 0 spiro atoms. The molecular weight excluding hydrogens is 482 g/mol. The number of halogens is 1. The second kappa shape index (κ2) is 11.7. The molecular formula is C30H28ClN5O. The summed E-state index contributed by atoms with van der Waals surface area (Å²) in [6.45, 7) is 1.28. The summed E-state index contributed by atoms with van der Waals surface area (Å²) in [5, 5.41) is 5.21. The maximum absolute atomic E-state index is 13.7. The zero-order valence-electron chi connectivity index (χ0n) is 20.3. The van der Waals surface area contributed by atoms with E-state index in [-0.39, 0.29) is 18.4 Å². The van der Waals surface area contributed by atoms with E-state index >= 15 is 0 Å². The number of hydrogen-bond acceptors (Lipinski definition) is 4. The van der Waals surface area contributed by atoms with Crippen molar-refractivity contribution in [3.05, 3.63) is 125 Å². The lowest BCUT2D eigenvalue weighted by Crippen LogP contribution is -2.38. The van der Waals surface area contributed by atoms with Crippen LogP contribution < -0.4 is 5.32 Å². The van der Waals surface area contributed by atoms with Gasteiger partial charge in [-0.1, -0.05) is 72.3 Å². The molecule has 1 amide bonds. The van der Waals surface area contributed by atoms with Gasteiger partial charge >= 0.3 is 0 Å². The first kappa shape index (κ1) is 24.5. The van der Waals surface area contributed by atoms with Gasteiger partial charge in [-0.05, 0) is 41.8 Å². The minimum Gasteiger partial charge on any atom is -0.384 e. The molecule has 0 atom stereocenters. The fourth-order valence-electron chi connectivity index (χ4n) is 4.61. The predicted octanol–water partition coefficient (Wildman–Crippen LogP) is 6.27. The Morgan fingerprint density at radius 1 is 0.919 bits per heavy atom. The van der Waals surface area contributed by atoms with Crippen molar-refractivity contribution in [3.8, 4) is 0 Å². The van der Waals surface area contributed by atoms with Crippen molar-refractivity contribution in [1.82, 2.24) is 19.9 Å². The fraction of sp³-hybridized carbons (Fsp3) is 0.167. The minimum atomic E-state index is -0.200. The highest BCUT2D eigenvalue weighted by Gasteiger charge is 2.27. The van der Waals surface area contributed by atoms with Crippen LogP contribution in [0.4, 0.5) is 5.69 Å². The number of nitrogens with zero attached hydrogens (tertiary/aromatic N) is 3. The largest absolute Gasteiger partial charge is 0.384 e. The zero-order chi connectivity index (χ0) is 25.5. The van der Waals surface area contributed by atoms with Crippen molar-refractivity contribution in [2.45, 2.75) is 18.9 Å². The zero-order valence-corrected chi connectivity index (χ0v) is 21.1. The Hall–Kier alpha value is -4.16. The molecule has 0 saturated heterocycles. The number of anilines is 1. The van der Waals surface area contributed by atoms with Gasteiger partial charge in [-0.15, -0.1) is 0 Å². The molecule has 0 bridgehead atoms. The molecule has 2 N–H and O–H groups in total. The topological polar surface area (TPSA) is 73.9 Å². The first-order chi connectivity index (χ1) is 18.2. The molecule has 0 aliphatic carbocycles. The lowest BCUT2D eigenvalue weighted by atomic mass is 9.96. The molecule has 186 valence electrons. The van der Waals surface area contributed by atoms with Crippen LogP contribution in [0.3, 0.4) is 0 Å². The summed E-state index contributed by atoms with van der Waals surface area (Å²) in [5.74, 6) is 0.687. The van der Waals surface area contributed by atoms with E-state index in [1.165, 1.54) is 0 Å². The van der Waals surface area contributed by atoms with Gasteiger partial charge in [0.1, 0.15) is 5.82 Å². The van der Waals surface area contributed by atoms with Crippen LogP contribution in [0.2, 0.25) is 5.02 Å². The van der Waals surface area contributed by atoms with Gasteiger partial charge < -0.3 is 15.2 Å². The van der Waals surface area contributed by atoms with E-state index in [1.54, 1.807) is 18.6 Å². The minimum absolute atomic E-state index is 0.0247.